The van der Waals surface area contributed by atoms with Crippen molar-refractivity contribution in [1.29, 1.82) is 0 Å². The average Bonchev–Trinajstić information content (AvgIpc) is 2.98. The van der Waals surface area contributed by atoms with E-state index in [2.05, 4.69) is 0 Å². The van der Waals surface area contributed by atoms with Crippen molar-refractivity contribution in [3.05, 3.63) is 36.0 Å². The van der Waals surface area contributed by atoms with Gasteiger partial charge in [0.05, 0.1) is 5.52 Å². The highest BCUT2D eigenvalue weighted by Gasteiger charge is 2.22. The molecule has 1 aromatic heterocycles. The predicted molar refractivity (Wildman–Crippen MR) is 106 cm³/mol. The van der Waals surface area contributed by atoms with E-state index in [4.69, 9.17) is 4.74 Å². The summed E-state index contributed by atoms with van der Waals surface area (Å²) in [4.78, 5) is 26.9. The molecule has 0 atom stereocenters. The third-order valence-electron chi connectivity index (χ3n) is 4.36. The van der Waals surface area contributed by atoms with Crippen molar-refractivity contribution in [2.45, 2.75) is 39.2 Å². The fraction of sp³-hybridized carbons (Fsp3) is 0.500. The van der Waals surface area contributed by atoms with Crippen LogP contribution in [0.2, 0.25) is 0 Å². The van der Waals surface area contributed by atoms with Gasteiger partial charge < -0.3 is 9.64 Å². The Bertz CT molecular complexity index is 801. The van der Waals surface area contributed by atoms with Crippen LogP contribution >= 0.6 is 11.8 Å². The van der Waals surface area contributed by atoms with Crippen LogP contribution < -0.4 is 0 Å². The average molecular weight is 375 g/mol. The highest BCUT2D eigenvalue weighted by molar-refractivity contribution is 7.99. The summed E-state index contributed by atoms with van der Waals surface area (Å²) < 4.78 is 7.07. The molecule has 6 heteroatoms. The molecule has 0 N–H and O–H groups in total. The van der Waals surface area contributed by atoms with Gasteiger partial charge in [-0.1, -0.05) is 18.2 Å². The molecule has 140 valence electrons. The maximum absolute atomic E-state index is 12.5. The molecular formula is C20H26N2O3S. The molecule has 1 aliphatic rings. The lowest BCUT2D eigenvalue weighted by Gasteiger charge is -2.26. The van der Waals surface area contributed by atoms with E-state index in [1.54, 1.807) is 4.57 Å². The molecular weight excluding hydrogens is 348 g/mol. The number of fused-ring (bicyclic) bond motifs is 1. The van der Waals surface area contributed by atoms with Gasteiger partial charge in [0, 0.05) is 42.6 Å². The molecule has 2 heterocycles. The Morgan fingerprint density at radius 3 is 2.54 bits per heavy atom. The summed E-state index contributed by atoms with van der Waals surface area (Å²) in [6, 6.07) is 7.76. The van der Waals surface area contributed by atoms with Crippen LogP contribution in [0.4, 0.5) is 4.79 Å². The van der Waals surface area contributed by atoms with E-state index < -0.39 is 5.60 Å². The number of thioether (sulfide) groups is 1. The molecule has 2 aromatic rings. The van der Waals surface area contributed by atoms with Crippen LogP contribution in [0.5, 0.6) is 0 Å². The summed E-state index contributed by atoms with van der Waals surface area (Å²) in [6.07, 6.45) is 2.52. The number of ether oxygens (including phenoxy) is 1. The number of aromatic nitrogens is 1. The second-order valence-electron chi connectivity index (χ2n) is 7.51. The van der Waals surface area contributed by atoms with Crippen molar-refractivity contribution in [1.82, 2.24) is 9.47 Å². The van der Waals surface area contributed by atoms with Crippen LogP contribution in [0.1, 0.15) is 32.8 Å². The molecule has 1 fully saturated rings. The van der Waals surface area contributed by atoms with E-state index in [9.17, 15) is 9.59 Å². The van der Waals surface area contributed by atoms with Crippen molar-refractivity contribution >= 4 is 34.7 Å². The van der Waals surface area contributed by atoms with Crippen molar-refractivity contribution in [3.8, 4) is 0 Å². The van der Waals surface area contributed by atoms with Gasteiger partial charge in [0.15, 0.2) is 0 Å². The molecule has 1 amide bonds. The van der Waals surface area contributed by atoms with Gasteiger partial charge in [0.1, 0.15) is 5.60 Å². The van der Waals surface area contributed by atoms with Gasteiger partial charge in [0.25, 0.3) is 0 Å². The van der Waals surface area contributed by atoms with Crippen molar-refractivity contribution < 1.29 is 14.3 Å². The lowest BCUT2D eigenvalue weighted by Crippen LogP contribution is -2.37. The maximum atomic E-state index is 12.5. The Labute approximate surface area is 158 Å². The number of benzene rings is 1. The Hall–Kier alpha value is -1.95. The zero-order valence-electron chi connectivity index (χ0n) is 15.7. The van der Waals surface area contributed by atoms with Gasteiger partial charge in [-0.05, 0) is 38.8 Å². The summed E-state index contributed by atoms with van der Waals surface area (Å²) in [5.74, 6) is 2.23. The van der Waals surface area contributed by atoms with Crippen molar-refractivity contribution in [2.75, 3.05) is 24.6 Å². The standard InChI is InChI=1S/C20H26N2O3S/c1-20(2,3)25-19(24)22-14-15(16-6-4-5-7-17(16)22)8-9-18(23)21-10-12-26-13-11-21/h4-7,14H,8-13H2,1-3H3. The third kappa shape index (κ3) is 4.41. The second kappa shape index (κ2) is 7.74. The first-order valence-electron chi connectivity index (χ1n) is 9.03. The highest BCUT2D eigenvalue weighted by Crippen LogP contribution is 2.24. The van der Waals surface area contributed by atoms with Gasteiger partial charge in [-0.2, -0.15) is 11.8 Å². The van der Waals surface area contributed by atoms with Crippen LogP contribution in [-0.2, 0) is 16.0 Å². The minimum absolute atomic E-state index is 0.194. The number of nitrogens with zero attached hydrogens (tertiary/aromatic N) is 2. The number of hydrogen-bond acceptors (Lipinski definition) is 4. The Morgan fingerprint density at radius 2 is 1.85 bits per heavy atom. The van der Waals surface area contributed by atoms with Crippen LogP contribution in [-0.4, -0.2) is 51.7 Å². The molecule has 0 unspecified atom stereocenters. The quantitative estimate of drug-likeness (QED) is 0.817. The van der Waals surface area contributed by atoms with Gasteiger partial charge in [-0.3, -0.25) is 9.36 Å². The topological polar surface area (TPSA) is 51.5 Å². The summed E-state index contributed by atoms with van der Waals surface area (Å²) >= 11 is 1.89. The van der Waals surface area contributed by atoms with Crippen molar-refractivity contribution in [3.63, 3.8) is 0 Å². The predicted octanol–water partition coefficient (Wildman–Crippen LogP) is 3.93. The van der Waals surface area contributed by atoms with Crippen molar-refractivity contribution in [2.24, 2.45) is 0 Å². The first kappa shape index (κ1) is 18.8. The van der Waals surface area contributed by atoms with E-state index in [0.29, 0.717) is 12.8 Å². The highest BCUT2D eigenvalue weighted by atomic mass is 32.2. The summed E-state index contributed by atoms with van der Waals surface area (Å²) in [6.45, 7) is 7.24. The molecule has 0 saturated carbocycles. The number of aryl methyl sites for hydroxylation is 1. The molecule has 0 aliphatic carbocycles. The van der Waals surface area contributed by atoms with E-state index in [0.717, 1.165) is 41.1 Å². The first-order chi connectivity index (χ1) is 12.3. The van der Waals surface area contributed by atoms with Gasteiger partial charge in [-0.25, -0.2) is 4.79 Å². The van der Waals surface area contributed by atoms with Crippen LogP contribution in [0.25, 0.3) is 10.9 Å². The maximum Gasteiger partial charge on any atom is 0.419 e. The summed E-state index contributed by atoms with van der Waals surface area (Å²) in [7, 11) is 0. The zero-order valence-corrected chi connectivity index (χ0v) is 16.5. The van der Waals surface area contributed by atoms with Gasteiger partial charge >= 0.3 is 6.09 Å². The SMILES string of the molecule is CC(C)(C)OC(=O)n1cc(CCC(=O)N2CCSCC2)c2ccccc21. The van der Waals surface area contributed by atoms with Gasteiger partial charge in [0.2, 0.25) is 5.91 Å². The smallest absolute Gasteiger partial charge is 0.419 e. The zero-order chi connectivity index (χ0) is 18.7. The normalized spacial score (nSPS) is 15.3. The minimum atomic E-state index is -0.551. The minimum Gasteiger partial charge on any atom is -0.443 e. The van der Waals surface area contributed by atoms with Crippen LogP contribution in [0.15, 0.2) is 30.5 Å². The lowest BCUT2D eigenvalue weighted by atomic mass is 10.1. The fourth-order valence-corrected chi connectivity index (χ4v) is 4.03. The molecule has 1 aliphatic heterocycles. The molecule has 5 nitrogen and oxygen atoms in total. The lowest BCUT2D eigenvalue weighted by molar-refractivity contribution is -0.130. The van der Waals surface area contributed by atoms with E-state index in [1.165, 1.54) is 0 Å². The van der Waals surface area contributed by atoms with Crippen LogP contribution in [0.3, 0.4) is 0 Å². The molecule has 1 aromatic carbocycles. The van der Waals surface area contributed by atoms with Gasteiger partial charge in [-0.15, -0.1) is 0 Å². The third-order valence-corrected chi connectivity index (χ3v) is 5.30. The first-order valence-corrected chi connectivity index (χ1v) is 10.2. The number of para-hydroxylation sites is 1. The molecule has 0 bridgehead atoms. The molecule has 3 rings (SSSR count). The number of rotatable bonds is 3. The Kier molecular flexibility index (Phi) is 5.61. The number of amides is 1. The summed E-state index contributed by atoms with van der Waals surface area (Å²) in [5, 5.41) is 1.00. The van der Waals surface area contributed by atoms with E-state index in [-0.39, 0.29) is 12.0 Å². The Balaban J connectivity index is 1.78. The monoisotopic (exact) mass is 374 g/mol. The number of carbonyl (C=O) groups excluding carboxylic acids is 2. The largest absolute Gasteiger partial charge is 0.443 e. The molecule has 1 saturated heterocycles. The molecule has 0 radical (unpaired) electrons. The number of hydrogen-bond donors (Lipinski definition) is 0. The van der Waals surface area contributed by atoms with E-state index >= 15 is 0 Å². The summed E-state index contributed by atoms with van der Waals surface area (Å²) in [5.41, 5.74) is 1.27. The Morgan fingerprint density at radius 1 is 1.15 bits per heavy atom. The van der Waals surface area contributed by atoms with Crippen LogP contribution in [0, 0.1) is 0 Å². The van der Waals surface area contributed by atoms with E-state index in [1.807, 2.05) is 67.9 Å². The molecule has 26 heavy (non-hydrogen) atoms. The second-order valence-corrected chi connectivity index (χ2v) is 8.74. The fourth-order valence-electron chi connectivity index (χ4n) is 3.12. The number of carbonyl (C=O) groups is 2. The molecule has 0 spiro atoms.